The van der Waals surface area contributed by atoms with Crippen molar-refractivity contribution < 1.29 is 47.4 Å². The lowest BCUT2D eigenvalue weighted by atomic mass is 10.0. The summed E-state index contributed by atoms with van der Waals surface area (Å²) in [5.41, 5.74) is 0. The van der Waals surface area contributed by atoms with Crippen LogP contribution in [-0.2, 0) is 47.4 Å². The van der Waals surface area contributed by atoms with Crippen LogP contribution in [0.1, 0.15) is 90.4 Å². The Kier molecular flexibility index (Phi) is 44.2. The molecule has 0 aliphatic carbocycles. The van der Waals surface area contributed by atoms with E-state index in [0.717, 1.165) is 26.2 Å². The molecule has 11 heteroatoms. The zero-order valence-electron chi connectivity index (χ0n) is 31.6. The quantitative estimate of drug-likeness (QED) is 0.0724. The maximum absolute atomic E-state index is 5.67. The summed E-state index contributed by atoms with van der Waals surface area (Å²) in [6.45, 7) is 14.9. The van der Waals surface area contributed by atoms with Crippen molar-refractivity contribution in [3.63, 3.8) is 0 Å². The van der Waals surface area contributed by atoms with Crippen molar-refractivity contribution in [2.24, 2.45) is 0 Å². The molecule has 0 spiro atoms. The molecule has 0 aliphatic heterocycles. The van der Waals surface area contributed by atoms with Crippen LogP contribution in [0.2, 0.25) is 0 Å². The Morgan fingerprint density at radius 1 is 0.250 bits per heavy atom. The van der Waals surface area contributed by atoms with Crippen molar-refractivity contribution in [3.05, 3.63) is 0 Å². The van der Waals surface area contributed by atoms with Crippen molar-refractivity contribution >= 4 is 0 Å². The number of unbranched alkanes of at least 4 members (excludes halogenated alkanes) is 12. The molecule has 0 aromatic carbocycles. The fourth-order valence-corrected chi connectivity index (χ4v) is 4.55. The highest BCUT2D eigenvalue weighted by Gasteiger charge is 1.98. The van der Waals surface area contributed by atoms with Gasteiger partial charge in [0.2, 0.25) is 0 Å². The maximum Gasteiger partial charge on any atom is 0.0701 e. The number of rotatable bonds is 44. The van der Waals surface area contributed by atoms with Gasteiger partial charge in [0.05, 0.1) is 126 Å². The minimum Gasteiger partial charge on any atom is -0.379 e. The second-order valence-corrected chi connectivity index (χ2v) is 12.2. The third kappa shape index (κ3) is 45.6. The molecular weight excluding hydrogens is 618 g/mol. The first kappa shape index (κ1) is 47.6. The van der Waals surface area contributed by atoms with Gasteiger partial charge in [-0.25, -0.2) is 0 Å². The van der Waals surface area contributed by atoms with Crippen molar-refractivity contribution in [1.29, 1.82) is 0 Å². The second-order valence-electron chi connectivity index (χ2n) is 12.2. The summed E-state index contributed by atoms with van der Waals surface area (Å²) >= 11 is 0. The summed E-state index contributed by atoms with van der Waals surface area (Å²) in [5.74, 6) is 0. The van der Waals surface area contributed by atoms with Gasteiger partial charge in [0.15, 0.2) is 0 Å². The van der Waals surface area contributed by atoms with Gasteiger partial charge < -0.3 is 52.3 Å². The van der Waals surface area contributed by atoms with Gasteiger partial charge in [-0.05, 0) is 20.5 Å². The summed E-state index contributed by atoms with van der Waals surface area (Å²) < 4.78 is 55.2. The Bertz CT molecular complexity index is 562. The third-order valence-corrected chi connectivity index (χ3v) is 7.42. The van der Waals surface area contributed by atoms with Crippen molar-refractivity contribution in [2.75, 3.05) is 153 Å². The van der Waals surface area contributed by atoms with E-state index in [9.17, 15) is 0 Å². The van der Waals surface area contributed by atoms with Gasteiger partial charge in [-0.2, -0.15) is 0 Å². The van der Waals surface area contributed by atoms with Crippen molar-refractivity contribution in [2.45, 2.75) is 90.4 Å². The first-order chi connectivity index (χ1) is 23.8. The highest BCUT2D eigenvalue weighted by atomic mass is 16.6. The first-order valence-electron chi connectivity index (χ1n) is 19.2. The molecule has 48 heavy (non-hydrogen) atoms. The molecular formula is C37H77NO10. The molecule has 0 N–H and O–H groups in total. The maximum atomic E-state index is 5.67. The fourth-order valence-electron chi connectivity index (χ4n) is 4.55. The molecule has 11 nitrogen and oxygen atoms in total. The van der Waals surface area contributed by atoms with Crippen LogP contribution in [0.3, 0.4) is 0 Å². The molecule has 0 radical (unpaired) electrons. The van der Waals surface area contributed by atoms with Gasteiger partial charge in [0, 0.05) is 13.2 Å². The van der Waals surface area contributed by atoms with Crippen molar-refractivity contribution in [3.8, 4) is 0 Å². The van der Waals surface area contributed by atoms with Crippen LogP contribution in [0.15, 0.2) is 0 Å². The minimum atomic E-state index is 0.531. The van der Waals surface area contributed by atoms with Gasteiger partial charge in [-0.3, -0.25) is 0 Å². The van der Waals surface area contributed by atoms with Crippen LogP contribution in [0.5, 0.6) is 0 Å². The monoisotopic (exact) mass is 696 g/mol. The standard InChI is InChI=1S/C37H77NO10/c1-4-5-6-7-8-9-10-11-12-13-14-15-16-18-39-20-22-41-24-26-43-28-30-45-32-34-47-36-37-48-35-33-46-31-29-44-27-25-42-23-21-40-19-17-38(2)3/h4-37H2,1-3H3. The van der Waals surface area contributed by atoms with E-state index in [0.29, 0.717) is 119 Å². The zero-order chi connectivity index (χ0) is 34.7. The Morgan fingerprint density at radius 3 is 0.708 bits per heavy atom. The van der Waals surface area contributed by atoms with Gasteiger partial charge in [0.25, 0.3) is 0 Å². The van der Waals surface area contributed by atoms with Gasteiger partial charge >= 0.3 is 0 Å². The summed E-state index contributed by atoms with van der Waals surface area (Å²) in [4.78, 5) is 2.09. The van der Waals surface area contributed by atoms with E-state index in [1.807, 2.05) is 14.1 Å². The van der Waals surface area contributed by atoms with Gasteiger partial charge in [-0.1, -0.05) is 84.0 Å². The lowest BCUT2D eigenvalue weighted by Crippen LogP contribution is -2.19. The van der Waals surface area contributed by atoms with Crippen LogP contribution in [-0.4, -0.2) is 158 Å². The SMILES string of the molecule is CCCCCCCCCCCCCCCOCCOCCOCCOCCOCCOCCOCCOCCOCCOCCN(C)C. The van der Waals surface area contributed by atoms with E-state index in [-0.39, 0.29) is 0 Å². The predicted molar refractivity (Wildman–Crippen MR) is 192 cm³/mol. The Balaban J connectivity index is 3.04. The topological polar surface area (TPSA) is 95.5 Å². The molecule has 0 atom stereocenters. The molecule has 0 fully saturated rings. The summed E-state index contributed by atoms with van der Waals surface area (Å²) in [6.07, 6.45) is 17.8. The van der Waals surface area contributed by atoms with Crippen LogP contribution in [0.4, 0.5) is 0 Å². The van der Waals surface area contributed by atoms with Crippen LogP contribution >= 0.6 is 0 Å². The van der Waals surface area contributed by atoms with Gasteiger partial charge in [-0.15, -0.1) is 0 Å². The van der Waals surface area contributed by atoms with Crippen LogP contribution in [0, 0.1) is 0 Å². The first-order valence-corrected chi connectivity index (χ1v) is 19.2. The third-order valence-electron chi connectivity index (χ3n) is 7.42. The molecule has 0 rings (SSSR count). The second kappa shape index (κ2) is 44.6. The van der Waals surface area contributed by atoms with E-state index >= 15 is 0 Å². The Labute approximate surface area is 295 Å². The highest BCUT2D eigenvalue weighted by Crippen LogP contribution is 2.12. The molecule has 0 amide bonds. The molecule has 0 aromatic rings. The smallest absolute Gasteiger partial charge is 0.0701 e. The Hall–Kier alpha value is -0.440. The Morgan fingerprint density at radius 2 is 0.458 bits per heavy atom. The van der Waals surface area contributed by atoms with Crippen LogP contribution < -0.4 is 0 Å². The number of likely N-dealkylation sites (N-methyl/N-ethyl adjacent to an activating group) is 1. The summed E-state index contributed by atoms with van der Waals surface area (Å²) in [7, 11) is 4.05. The number of hydrogen-bond acceptors (Lipinski definition) is 11. The minimum absolute atomic E-state index is 0.531. The predicted octanol–water partition coefficient (Wildman–Crippen LogP) is 5.81. The van der Waals surface area contributed by atoms with E-state index in [1.165, 1.54) is 77.0 Å². The average Bonchev–Trinajstić information content (AvgIpc) is 3.08. The number of hydrogen-bond donors (Lipinski definition) is 0. The largest absolute Gasteiger partial charge is 0.379 e. The molecule has 0 heterocycles. The van der Waals surface area contributed by atoms with Crippen LogP contribution in [0.25, 0.3) is 0 Å². The molecule has 0 saturated carbocycles. The summed E-state index contributed by atoms with van der Waals surface area (Å²) in [5, 5.41) is 0. The van der Waals surface area contributed by atoms with E-state index < -0.39 is 0 Å². The molecule has 0 aliphatic rings. The molecule has 290 valence electrons. The van der Waals surface area contributed by atoms with E-state index in [1.54, 1.807) is 0 Å². The molecule has 0 saturated heterocycles. The molecule has 0 unspecified atom stereocenters. The lowest BCUT2D eigenvalue weighted by molar-refractivity contribution is -0.0265. The normalized spacial score (nSPS) is 11.8. The zero-order valence-corrected chi connectivity index (χ0v) is 31.6. The van der Waals surface area contributed by atoms with E-state index in [2.05, 4.69) is 11.8 Å². The number of nitrogens with zero attached hydrogens (tertiary/aromatic N) is 1. The van der Waals surface area contributed by atoms with Crippen molar-refractivity contribution in [1.82, 2.24) is 4.90 Å². The fraction of sp³-hybridized carbons (Fsp3) is 1.00. The highest BCUT2D eigenvalue weighted by molar-refractivity contribution is 4.49. The summed E-state index contributed by atoms with van der Waals surface area (Å²) in [6, 6.07) is 0. The van der Waals surface area contributed by atoms with E-state index in [4.69, 9.17) is 47.4 Å². The average molecular weight is 696 g/mol. The number of ether oxygens (including phenoxy) is 10. The molecule has 0 bridgehead atoms. The lowest BCUT2D eigenvalue weighted by Gasteiger charge is -2.10. The molecule has 0 aromatic heterocycles. The van der Waals surface area contributed by atoms with Gasteiger partial charge in [0.1, 0.15) is 0 Å².